The van der Waals surface area contributed by atoms with Gasteiger partial charge in [-0.05, 0) is 69.7 Å². The average Bonchev–Trinajstić information content (AvgIpc) is 3.12. The number of hydrogen-bond donors (Lipinski definition) is 0. The summed E-state index contributed by atoms with van der Waals surface area (Å²) >= 11 is 0. The predicted octanol–water partition coefficient (Wildman–Crippen LogP) is 6.18. The molecular formula is C29H38N2O3. The standard InChI is InChI=1S/C29H38N2O3/c1-6-11-26-22(3)31(21-20-23-12-9-8-10-13-23)30-27(26)19-16-24-14-17-25(18-15-24)34-29(4,5)28(32)33-7-2/h8-10,12-15,17-18,26H,3,6-7,11,16,19-21H2,1-2,4-5H3. The molecule has 0 amide bonds. The number of benzene rings is 2. The molecule has 0 saturated carbocycles. The summed E-state index contributed by atoms with van der Waals surface area (Å²) in [5.74, 6) is 0.621. The Labute approximate surface area is 204 Å². The molecule has 1 aliphatic rings. The van der Waals surface area contributed by atoms with E-state index in [0.717, 1.165) is 44.3 Å². The SMILES string of the molecule is C=C1C(CCC)C(CCc2ccc(OC(C)(C)C(=O)OCC)cc2)=NN1CCc1ccccc1. The van der Waals surface area contributed by atoms with E-state index in [-0.39, 0.29) is 5.97 Å². The molecule has 5 nitrogen and oxygen atoms in total. The molecule has 0 fully saturated rings. The fraction of sp³-hybridized carbons (Fsp3) is 0.448. The van der Waals surface area contributed by atoms with Gasteiger partial charge in [-0.1, -0.05) is 62.4 Å². The van der Waals surface area contributed by atoms with E-state index in [9.17, 15) is 4.79 Å². The van der Waals surface area contributed by atoms with Crippen LogP contribution in [0.2, 0.25) is 0 Å². The van der Waals surface area contributed by atoms with Crippen molar-refractivity contribution < 1.29 is 14.3 Å². The fourth-order valence-electron chi connectivity index (χ4n) is 4.22. The summed E-state index contributed by atoms with van der Waals surface area (Å²) < 4.78 is 11.0. The first-order valence-electron chi connectivity index (χ1n) is 12.4. The number of aryl methyl sites for hydroxylation is 1. The third kappa shape index (κ3) is 6.72. The van der Waals surface area contributed by atoms with E-state index in [2.05, 4.69) is 54.9 Å². The first kappa shape index (κ1) is 25.5. The molecule has 0 radical (unpaired) electrons. The van der Waals surface area contributed by atoms with Gasteiger partial charge in [-0.25, -0.2) is 4.79 Å². The average molecular weight is 463 g/mol. The van der Waals surface area contributed by atoms with Gasteiger partial charge < -0.3 is 9.47 Å². The van der Waals surface area contributed by atoms with Crippen molar-refractivity contribution in [1.82, 2.24) is 5.01 Å². The maximum absolute atomic E-state index is 12.1. The Kier molecular flexibility index (Phi) is 8.91. The summed E-state index contributed by atoms with van der Waals surface area (Å²) in [6.07, 6.45) is 4.95. The molecule has 0 saturated heterocycles. The Morgan fingerprint density at radius 1 is 1.00 bits per heavy atom. The van der Waals surface area contributed by atoms with Crippen LogP contribution in [-0.2, 0) is 22.4 Å². The number of carbonyl (C=O) groups excluding carboxylic acids is 1. The van der Waals surface area contributed by atoms with Crippen LogP contribution in [0.25, 0.3) is 0 Å². The highest BCUT2D eigenvalue weighted by Gasteiger charge is 2.32. The van der Waals surface area contributed by atoms with Crippen LogP contribution in [0.5, 0.6) is 5.75 Å². The summed E-state index contributed by atoms with van der Waals surface area (Å²) in [6, 6.07) is 18.5. The van der Waals surface area contributed by atoms with Crippen molar-refractivity contribution in [2.45, 2.75) is 65.4 Å². The molecule has 0 N–H and O–H groups in total. The smallest absolute Gasteiger partial charge is 0.349 e. The molecule has 5 heteroatoms. The largest absolute Gasteiger partial charge is 0.476 e. The van der Waals surface area contributed by atoms with Gasteiger partial charge in [0.15, 0.2) is 5.60 Å². The number of hydrazone groups is 1. The Morgan fingerprint density at radius 2 is 1.68 bits per heavy atom. The van der Waals surface area contributed by atoms with Crippen molar-refractivity contribution in [3.05, 3.63) is 78.0 Å². The zero-order valence-corrected chi connectivity index (χ0v) is 21.0. The molecular weight excluding hydrogens is 424 g/mol. The Balaban J connectivity index is 1.59. The predicted molar refractivity (Wildman–Crippen MR) is 138 cm³/mol. The number of allylic oxidation sites excluding steroid dienone is 1. The Bertz CT molecular complexity index is 980. The lowest BCUT2D eigenvalue weighted by Crippen LogP contribution is -2.39. The van der Waals surface area contributed by atoms with Crippen molar-refractivity contribution in [3.8, 4) is 5.75 Å². The summed E-state index contributed by atoms with van der Waals surface area (Å²) in [6.45, 7) is 13.0. The molecule has 182 valence electrons. The second-order valence-corrected chi connectivity index (χ2v) is 9.26. The molecule has 3 rings (SSSR count). The molecule has 2 aromatic carbocycles. The van der Waals surface area contributed by atoms with E-state index in [0.29, 0.717) is 18.3 Å². The lowest BCUT2D eigenvalue weighted by molar-refractivity contribution is -0.158. The van der Waals surface area contributed by atoms with Crippen LogP contribution in [0.1, 0.15) is 58.1 Å². The van der Waals surface area contributed by atoms with Crippen molar-refractivity contribution in [1.29, 1.82) is 0 Å². The van der Waals surface area contributed by atoms with E-state index in [4.69, 9.17) is 14.6 Å². The topological polar surface area (TPSA) is 51.1 Å². The lowest BCUT2D eigenvalue weighted by Gasteiger charge is -2.24. The minimum absolute atomic E-state index is 0.328. The van der Waals surface area contributed by atoms with Crippen molar-refractivity contribution in [2.75, 3.05) is 13.2 Å². The van der Waals surface area contributed by atoms with Crippen LogP contribution in [0.3, 0.4) is 0 Å². The molecule has 0 aromatic heterocycles. The summed E-state index contributed by atoms with van der Waals surface area (Å²) in [5.41, 5.74) is 3.86. The molecule has 1 heterocycles. The van der Waals surface area contributed by atoms with E-state index in [1.165, 1.54) is 16.8 Å². The fourth-order valence-corrected chi connectivity index (χ4v) is 4.22. The van der Waals surface area contributed by atoms with Gasteiger partial charge in [0, 0.05) is 23.9 Å². The molecule has 34 heavy (non-hydrogen) atoms. The van der Waals surface area contributed by atoms with Gasteiger partial charge in [-0.3, -0.25) is 5.01 Å². The van der Waals surface area contributed by atoms with Crippen molar-refractivity contribution in [3.63, 3.8) is 0 Å². The van der Waals surface area contributed by atoms with Gasteiger partial charge >= 0.3 is 5.97 Å². The summed E-state index contributed by atoms with van der Waals surface area (Å²) in [5, 5.41) is 7.08. The zero-order valence-electron chi connectivity index (χ0n) is 21.0. The molecule has 0 spiro atoms. The maximum Gasteiger partial charge on any atom is 0.349 e. The highest BCUT2D eigenvalue weighted by Crippen LogP contribution is 2.31. The third-order valence-corrected chi connectivity index (χ3v) is 6.15. The Hall–Kier alpha value is -3.08. The maximum atomic E-state index is 12.1. The quantitative estimate of drug-likeness (QED) is 0.353. The van der Waals surface area contributed by atoms with E-state index in [1.807, 2.05) is 18.2 Å². The highest BCUT2D eigenvalue weighted by molar-refractivity contribution is 5.90. The molecule has 1 atom stereocenters. The van der Waals surface area contributed by atoms with Gasteiger partial charge in [-0.15, -0.1) is 0 Å². The summed E-state index contributed by atoms with van der Waals surface area (Å²) in [7, 11) is 0. The number of hydrogen-bond acceptors (Lipinski definition) is 5. The molecule has 2 aromatic rings. The molecule has 0 aliphatic carbocycles. The number of ether oxygens (including phenoxy) is 2. The number of carbonyl (C=O) groups is 1. The van der Waals surface area contributed by atoms with Gasteiger partial charge in [-0.2, -0.15) is 5.10 Å². The van der Waals surface area contributed by atoms with Gasteiger partial charge in [0.05, 0.1) is 6.61 Å². The Morgan fingerprint density at radius 3 is 2.32 bits per heavy atom. The number of rotatable bonds is 12. The number of nitrogens with zero attached hydrogens (tertiary/aromatic N) is 2. The molecule has 1 unspecified atom stereocenters. The second-order valence-electron chi connectivity index (χ2n) is 9.26. The molecule has 0 bridgehead atoms. The van der Waals surface area contributed by atoms with Crippen LogP contribution >= 0.6 is 0 Å². The lowest BCUT2D eigenvalue weighted by atomic mass is 9.92. The minimum atomic E-state index is -1.02. The number of esters is 1. The van der Waals surface area contributed by atoms with Crippen LogP contribution in [-0.4, -0.2) is 35.4 Å². The van der Waals surface area contributed by atoms with E-state index < -0.39 is 5.60 Å². The van der Waals surface area contributed by atoms with E-state index in [1.54, 1.807) is 20.8 Å². The highest BCUT2D eigenvalue weighted by atomic mass is 16.6. The van der Waals surface area contributed by atoms with Crippen molar-refractivity contribution in [2.24, 2.45) is 11.0 Å². The van der Waals surface area contributed by atoms with Crippen LogP contribution in [0, 0.1) is 5.92 Å². The normalized spacial score (nSPS) is 15.9. The van der Waals surface area contributed by atoms with Gasteiger partial charge in [0.25, 0.3) is 0 Å². The van der Waals surface area contributed by atoms with Gasteiger partial charge in [0.1, 0.15) is 5.75 Å². The molecule has 1 aliphatic heterocycles. The van der Waals surface area contributed by atoms with Crippen molar-refractivity contribution >= 4 is 11.7 Å². The first-order valence-corrected chi connectivity index (χ1v) is 12.4. The van der Waals surface area contributed by atoms with Crippen LogP contribution < -0.4 is 4.74 Å². The minimum Gasteiger partial charge on any atom is -0.476 e. The van der Waals surface area contributed by atoms with E-state index >= 15 is 0 Å². The monoisotopic (exact) mass is 462 g/mol. The third-order valence-electron chi connectivity index (χ3n) is 6.15. The summed E-state index contributed by atoms with van der Waals surface area (Å²) in [4.78, 5) is 12.1. The van der Waals surface area contributed by atoms with Crippen LogP contribution in [0.15, 0.2) is 72.0 Å². The van der Waals surface area contributed by atoms with Crippen LogP contribution in [0.4, 0.5) is 0 Å². The first-order chi connectivity index (χ1) is 16.3. The zero-order chi connectivity index (χ0) is 24.6. The van der Waals surface area contributed by atoms with Gasteiger partial charge in [0.2, 0.25) is 0 Å². The second kappa shape index (κ2) is 11.9.